The van der Waals surface area contributed by atoms with Crippen LogP contribution in [0.4, 0.5) is 26.4 Å². The van der Waals surface area contributed by atoms with Gasteiger partial charge < -0.3 is 34.6 Å². The molecule has 12 heteroatoms. The number of benzene rings is 1. The summed E-state index contributed by atoms with van der Waals surface area (Å²) in [6.07, 6.45) is 0.859. The highest BCUT2D eigenvalue weighted by Crippen LogP contribution is 2.35. The van der Waals surface area contributed by atoms with Gasteiger partial charge in [-0.1, -0.05) is 11.6 Å². The van der Waals surface area contributed by atoms with Crippen molar-refractivity contribution in [2.45, 2.75) is 57.4 Å². The quantitative estimate of drug-likeness (QED) is 0.611. The highest BCUT2D eigenvalue weighted by molar-refractivity contribution is 6.29. The number of carbonyl (C=O) groups excluding carboxylic acids is 1. The Morgan fingerprint density at radius 2 is 1.79 bits per heavy atom. The minimum atomic E-state index is -0.536. The fourth-order valence-electron chi connectivity index (χ4n) is 5.34. The Kier molecular flexibility index (Phi) is 7.41. The molecule has 0 aliphatic carbocycles. The van der Waals surface area contributed by atoms with E-state index in [4.69, 9.17) is 31.5 Å². The zero-order valence-corrected chi connectivity index (χ0v) is 22.7. The molecule has 5 rings (SSSR count). The molecular weight excluding hydrogens is 515 g/mol. The number of hydrogen-bond donors (Lipinski definition) is 1. The van der Waals surface area contributed by atoms with E-state index in [1.165, 1.54) is 12.1 Å². The molecule has 4 heterocycles. The lowest BCUT2D eigenvalue weighted by molar-refractivity contribution is 0.0126. The zero-order valence-electron chi connectivity index (χ0n) is 21.9. The van der Waals surface area contributed by atoms with Crippen LogP contribution in [0.1, 0.15) is 33.6 Å². The average Bonchev–Trinajstić information content (AvgIpc) is 2.84. The first kappa shape index (κ1) is 26.6. The van der Waals surface area contributed by atoms with E-state index in [9.17, 15) is 9.18 Å². The maximum Gasteiger partial charge on any atom is 0.410 e. The molecule has 3 aliphatic heterocycles. The summed E-state index contributed by atoms with van der Waals surface area (Å²) in [4.78, 5) is 18.4. The number of piperazine rings is 1. The van der Waals surface area contributed by atoms with Crippen LogP contribution in [-0.2, 0) is 9.47 Å². The zero-order chi connectivity index (χ0) is 27.0. The van der Waals surface area contributed by atoms with Crippen LogP contribution in [0, 0.1) is 5.82 Å². The summed E-state index contributed by atoms with van der Waals surface area (Å²) in [7, 11) is 0. The lowest BCUT2D eigenvalue weighted by Crippen LogP contribution is -2.65. The predicted octanol–water partition coefficient (Wildman–Crippen LogP) is 3.72. The van der Waals surface area contributed by atoms with Crippen LogP contribution in [0.25, 0.3) is 0 Å². The number of rotatable bonds is 4. The average molecular weight is 549 g/mol. The summed E-state index contributed by atoms with van der Waals surface area (Å²) in [6.45, 7) is 8.82. The number of fused-ring (bicyclic) bond motifs is 2. The van der Waals surface area contributed by atoms with E-state index in [1.54, 1.807) is 11.0 Å². The number of halogens is 2. The monoisotopic (exact) mass is 548 g/mol. The number of nitrogen functional groups attached to an aromatic ring is 1. The molecule has 1 amide bonds. The van der Waals surface area contributed by atoms with Crippen LogP contribution in [0.2, 0.25) is 5.15 Å². The molecule has 3 fully saturated rings. The number of piperidine rings is 1. The van der Waals surface area contributed by atoms with Gasteiger partial charge in [-0.05, 0) is 26.8 Å². The highest BCUT2D eigenvalue weighted by Gasteiger charge is 2.39. The summed E-state index contributed by atoms with van der Waals surface area (Å²) in [5.41, 5.74) is 7.04. The highest BCUT2D eigenvalue weighted by atomic mass is 35.5. The molecule has 206 valence electrons. The second kappa shape index (κ2) is 10.6. The van der Waals surface area contributed by atoms with Gasteiger partial charge in [0, 0.05) is 62.9 Å². The van der Waals surface area contributed by atoms with Crippen molar-refractivity contribution in [3.8, 4) is 5.75 Å². The Morgan fingerprint density at radius 1 is 1.11 bits per heavy atom. The van der Waals surface area contributed by atoms with Crippen molar-refractivity contribution in [1.82, 2.24) is 15.1 Å². The van der Waals surface area contributed by atoms with Crippen LogP contribution < -0.4 is 20.3 Å². The topological polar surface area (TPSA) is 106 Å². The fraction of sp³-hybridized carbons (Fsp3) is 0.577. The molecule has 1 aromatic heterocycles. The van der Waals surface area contributed by atoms with Crippen molar-refractivity contribution in [3.63, 3.8) is 0 Å². The van der Waals surface area contributed by atoms with E-state index in [1.807, 2.05) is 26.8 Å². The third-order valence-corrected chi connectivity index (χ3v) is 7.12. The van der Waals surface area contributed by atoms with Gasteiger partial charge in [-0.2, -0.15) is 0 Å². The number of carbonyl (C=O) groups is 1. The molecule has 38 heavy (non-hydrogen) atoms. The van der Waals surface area contributed by atoms with Crippen molar-refractivity contribution < 1.29 is 23.4 Å². The summed E-state index contributed by atoms with van der Waals surface area (Å²) in [5.74, 6) is 0.437. The van der Waals surface area contributed by atoms with Gasteiger partial charge in [0.1, 0.15) is 23.3 Å². The fourth-order valence-corrected chi connectivity index (χ4v) is 5.48. The van der Waals surface area contributed by atoms with Gasteiger partial charge in [-0.15, -0.1) is 10.2 Å². The minimum Gasteiger partial charge on any atom is -0.490 e. The number of likely N-dealkylation sites (tertiary alicyclic amines) is 1. The largest absolute Gasteiger partial charge is 0.490 e. The van der Waals surface area contributed by atoms with Crippen molar-refractivity contribution >= 4 is 34.9 Å². The van der Waals surface area contributed by atoms with Gasteiger partial charge in [0.25, 0.3) is 0 Å². The Bertz CT molecular complexity index is 1160. The smallest absolute Gasteiger partial charge is 0.410 e. The molecule has 2 aromatic rings. The van der Waals surface area contributed by atoms with Crippen molar-refractivity contribution in [3.05, 3.63) is 35.2 Å². The van der Waals surface area contributed by atoms with E-state index in [-0.39, 0.29) is 35.3 Å². The first-order chi connectivity index (χ1) is 18.1. The van der Waals surface area contributed by atoms with Crippen LogP contribution in [0.15, 0.2) is 24.3 Å². The number of nitrogens with zero attached hydrogens (tertiary/aromatic N) is 5. The van der Waals surface area contributed by atoms with Gasteiger partial charge in [0.2, 0.25) is 0 Å². The van der Waals surface area contributed by atoms with E-state index < -0.39 is 5.60 Å². The summed E-state index contributed by atoms with van der Waals surface area (Å²) in [5, 5.41) is 8.04. The molecule has 10 nitrogen and oxygen atoms in total. The predicted molar refractivity (Wildman–Crippen MR) is 142 cm³/mol. The number of morpholine rings is 1. The maximum absolute atomic E-state index is 14.8. The molecule has 2 bridgehead atoms. The van der Waals surface area contributed by atoms with Crippen molar-refractivity contribution in [1.29, 1.82) is 0 Å². The van der Waals surface area contributed by atoms with Crippen LogP contribution >= 0.6 is 11.6 Å². The Hall–Kier alpha value is -3.05. The summed E-state index contributed by atoms with van der Waals surface area (Å²) < 4.78 is 32.3. The normalized spacial score (nSPS) is 22.4. The summed E-state index contributed by atoms with van der Waals surface area (Å²) >= 11 is 6.07. The summed E-state index contributed by atoms with van der Waals surface area (Å²) in [6, 6.07) is 6.51. The first-order valence-electron chi connectivity index (χ1n) is 12.9. The van der Waals surface area contributed by atoms with Gasteiger partial charge in [-0.3, -0.25) is 0 Å². The number of aromatic nitrogens is 2. The van der Waals surface area contributed by atoms with Gasteiger partial charge in [0.05, 0.1) is 31.0 Å². The number of hydrogen-bond acceptors (Lipinski definition) is 9. The molecule has 3 saturated heterocycles. The Morgan fingerprint density at radius 3 is 2.45 bits per heavy atom. The number of amides is 1. The lowest BCUT2D eigenvalue weighted by Gasteiger charge is -2.51. The van der Waals surface area contributed by atoms with E-state index in [2.05, 4.69) is 20.0 Å². The van der Waals surface area contributed by atoms with E-state index in [0.717, 1.165) is 11.4 Å². The van der Waals surface area contributed by atoms with Crippen molar-refractivity contribution in [2.24, 2.45) is 0 Å². The molecule has 3 aliphatic rings. The third-order valence-electron chi connectivity index (χ3n) is 6.93. The van der Waals surface area contributed by atoms with Crippen molar-refractivity contribution in [2.75, 3.05) is 54.9 Å². The minimum absolute atomic E-state index is 0.0273. The molecule has 2 N–H and O–H groups in total. The standard InChI is InChI=1S/C26H34ClFN6O4/c1-26(2,3)38-25(35)32-6-4-20(5-7-32)37-21-9-16(28)8-17(10-21)34-18-12-33(13-19(34)15-36-14-18)22-11-23(27)30-31-24(22)29/h8-11,18-20H,4-7,12-15H2,1-3H3,(H2,29,31)/t18-,19+. The second-order valence-electron chi connectivity index (χ2n) is 11.0. The molecule has 0 saturated carbocycles. The molecule has 2 atom stereocenters. The molecular formula is C26H34ClFN6O4. The molecule has 1 aromatic carbocycles. The number of nitrogens with two attached hydrogens (primary N) is 1. The van der Waals surface area contributed by atoms with Crippen LogP contribution in [-0.4, -0.2) is 84.4 Å². The third kappa shape index (κ3) is 5.99. The van der Waals surface area contributed by atoms with E-state index >= 15 is 0 Å². The Labute approximate surface area is 226 Å². The number of ether oxygens (including phenoxy) is 3. The lowest BCUT2D eigenvalue weighted by atomic mass is 10.0. The van der Waals surface area contributed by atoms with Gasteiger partial charge in [0.15, 0.2) is 11.0 Å². The Balaban J connectivity index is 1.26. The molecule has 0 radical (unpaired) electrons. The number of anilines is 3. The van der Waals surface area contributed by atoms with E-state index in [0.29, 0.717) is 63.8 Å². The van der Waals surface area contributed by atoms with Crippen LogP contribution in [0.5, 0.6) is 5.75 Å². The van der Waals surface area contributed by atoms with Gasteiger partial charge >= 0.3 is 6.09 Å². The SMILES string of the molecule is CC(C)(C)OC(=O)N1CCC(Oc2cc(F)cc(N3[C@@H]4COC[C@H]3CN(c3cc(Cl)nnc3N)C4)c2)CC1. The molecule has 0 unspecified atom stereocenters. The van der Waals surface area contributed by atoms with Gasteiger partial charge in [-0.25, -0.2) is 9.18 Å². The molecule has 0 spiro atoms. The first-order valence-corrected chi connectivity index (χ1v) is 13.3. The maximum atomic E-state index is 14.8. The van der Waals surface area contributed by atoms with Crippen LogP contribution in [0.3, 0.4) is 0 Å². The second-order valence-corrected chi connectivity index (χ2v) is 11.4.